The van der Waals surface area contributed by atoms with Crippen LogP contribution in [0.25, 0.3) is 22.3 Å². The lowest BCUT2D eigenvalue weighted by Gasteiger charge is -2.13. The molecular formula is C23H19BrClF3N4O5S. The molecule has 0 bridgehead atoms. The quantitative estimate of drug-likeness (QED) is 0.254. The van der Waals surface area contributed by atoms with Crippen LogP contribution >= 0.6 is 27.5 Å². The molecule has 0 fully saturated rings. The van der Waals surface area contributed by atoms with Gasteiger partial charge in [0.15, 0.2) is 10.9 Å². The van der Waals surface area contributed by atoms with Crippen molar-refractivity contribution in [1.82, 2.24) is 14.9 Å². The summed E-state index contributed by atoms with van der Waals surface area (Å²) in [5, 5.41) is 3.04. The number of halogens is 5. The van der Waals surface area contributed by atoms with Gasteiger partial charge in [-0.05, 0) is 52.7 Å². The third kappa shape index (κ3) is 5.20. The van der Waals surface area contributed by atoms with Crippen LogP contribution in [0.3, 0.4) is 0 Å². The average Bonchev–Trinajstić information content (AvgIpc) is 3.34. The molecule has 0 radical (unpaired) electrons. The highest BCUT2D eigenvalue weighted by molar-refractivity contribution is 9.10. The van der Waals surface area contributed by atoms with Crippen molar-refractivity contribution in [1.29, 1.82) is 0 Å². The van der Waals surface area contributed by atoms with E-state index in [0.29, 0.717) is 21.0 Å². The summed E-state index contributed by atoms with van der Waals surface area (Å²) in [5.74, 6) is -0.344. The molecular weight excluding hydrogens is 617 g/mol. The summed E-state index contributed by atoms with van der Waals surface area (Å²) >= 11 is 9.62. The molecule has 0 spiro atoms. The van der Waals surface area contributed by atoms with E-state index in [1.165, 1.54) is 35.9 Å². The van der Waals surface area contributed by atoms with Gasteiger partial charge in [-0.1, -0.05) is 29.8 Å². The summed E-state index contributed by atoms with van der Waals surface area (Å²) in [7, 11) is -4.20. The van der Waals surface area contributed by atoms with Crippen LogP contribution in [-0.4, -0.2) is 43.0 Å². The summed E-state index contributed by atoms with van der Waals surface area (Å²) in [6, 6.07) is 10.8. The Morgan fingerprint density at radius 1 is 1.24 bits per heavy atom. The standard InChI is InChI=1S/C23H19BrClF3N4O5S/c1-3-36-22-30-20(25)18(21(33)29-2)32(22)11-12-8-9-16-14(10-12)17(24)19(37-16)13-6-4-5-7-15(13)31-38(34,35)23(26,27)28/h4-10,31H,3,11H2,1-2H3,(H,29,33). The molecule has 2 aromatic heterocycles. The molecule has 0 unspecified atom stereocenters. The zero-order valence-electron chi connectivity index (χ0n) is 19.7. The molecule has 1 amide bonds. The van der Waals surface area contributed by atoms with E-state index in [1.54, 1.807) is 29.8 Å². The van der Waals surface area contributed by atoms with Crippen molar-refractivity contribution >= 4 is 60.1 Å². The maximum Gasteiger partial charge on any atom is 0.516 e. The molecule has 2 N–H and O–H groups in total. The predicted molar refractivity (Wildman–Crippen MR) is 139 cm³/mol. The molecule has 0 saturated heterocycles. The van der Waals surface area contributed by atoms with E-state index in [4.69, 9.17) is 20.8 Å². The first-order valence-electron chi connectivity index (χ1n) is 10.9. The topological polar surface area (TPSA) is 115 Å². The van der Waals surface area contributed by atoms with E-state index in [-0.39, 0.29) is 47.0 Å². The number of nitrogens with zero attached hydrogens (tertiary/aromatic N) is 2. The number of furan rings is 1. The van der Waals surface area contributed by atoms with Gasteiger partial charge in [0, 0.05) is 18.0 Å². The van der Waals surface area contributed by atoms with Crippen molar-refractivity contribution < 1.29 is 35.5 Å². The van der Waals surface area contributed by atoms with Crippen LogP contribution in [-0.2, 0) is 16.6 Å². The number of para-hydroxylation sites is 1. The minimum Gasteiger partial charge on any atom is -0.465 e. The van der Waals surface area contributed by atoms with Crippen molar-refractivity contribution in [2.24, 2.45) is 0 Å². The first-order valence-corrected chi connectivity index (χ1v) is 13.5. The van der Waals surface area contributed by atoms with Gasteiger partial charge in [-0.2, -0.15) is 26.6 Å². The summed E-state index contributed by atoms with van der Waals surface area (Å²) in [5.41, 5.74) is -4.54. The van der Waals surface area contributed by atoms with Crippen LogP contribution in [0.2, 0.25) is 5.15 Å². The second kappa shape index (κ2) is 10.5. The number of amides is 1. The van der Waals surface area contributed by atoms with Crippen LogP contribution in [0.15, 0.2) is 51.4 Å². The smallest absolute Gasteiger partial charge is 0.465 e. The third-order valence-corrected chi connectivity index (χ3v) is 7.51. The molecule has 15 heteroatoms. The highest BCUT2D eigenvalue weighted by Crippen LogP contribution is 2.42. The minimum atomic E-state index is -5.66. The molecule has 0 aliphatic rings. The molecule has 2 aromatic carbocycles. The number of carbonyl (C=O) groups excluding carboxylic acids is 1. The summed E-state index contributed by atoms with van der Waals surface area (Å²) < 4.78 is 77.2. The minimum absolute atomic E-state index is 0.0291. The normalized spacial score (nSPS) is 12.1. The fourth-order valence-electron chi connectivity index (χ4n) is 3.67. The zero-order chi connectivity index (χ0) is 27.8. The Labute approximate surface area is 228 Å². The Balaban J connectivity index is 1.77. The van der Waals surface area contributed by atoms with Gasteiger partial charge in [0.2, 0.25) is 0 Å². The maximum atomic E-state index is 13.0. The Kier molecular flexibility index (Phi) is 7.68. The van der Waals surface area contributed by atoms with E-state index in [2.05, 4.69) is 26.2 Å². The van der Waals surface area contributed by atoms with E-state index in [1.807, 2.05) is 0 Å². The van der Waals surface area contributed by atoms with Crippen molar-refractivity contribution in [2.75, 3.05) is 18.4 Å². The molecule has 9 nitrogen and oxygen atoms in total. The number of hydrogen-bond acceptors (Lipinski definition) is 6. The van der Waals surface area contributed by atoms with Crippen molar-refractivity contribution in [3.05, 3.63) is 63.3 Å². The Hall–Kier alpha value is -3.23. The fourth-order valence-corrected chi connectivity index (χ4v) is 5.11. The lowest BCUT2D eigenvalue weighted by atomic mass is 10.1. The molecule has 38 heavy (non-hydrogen) atoms. The molecule has 4 rings (SSSR count). The molecule has 0 saturated carbocycles. The lowest BCUT2D eigenvalue weighted by molar-refractivity contribution is -0.0429. The number of benzene rings is 2. The largest absolute Gasteiger partial charge is 0.516 e. The fraction of sp³-hybridized carbons (Fsp3) is 0.217. The number of anilines is 1. The first kappa shape index (κ1) is 27.8. The van der Waals surface area contributed by atoms with Gasteiger partial charge in [0.25, 0.3) is 11.9 Å². The second-order valence-electron chi connectivity index (χ2n) is 7.80. The highest BCUT2D eigenvalue weighted by Gasteiger charge is 2.46. The molecule has 0 aliphatic carbocycles. The molecule has 4 aromatic rings. The van der Waals surface area contributed by atoms with Gasteiger partial charge in [-0.15, -0.1) is 0 Å². The van der Waals surface area contributed by atoms with Crippen molar-refractivity contribution in [3.8, 4) is 17.3 Å². The van der Waals surface area contributed by atoms with Gasteiger partial charge >= 0.3 is 15.5 Å². The number of rotatable bonds is 8. The molecule has 0 atom stereocenters. The number of hydrogen-bond donors (Lipinski definition) is 2. The number of imidazole rings is 1. The third-order valence-electron chi connectivity index (χ3n) is 5.36. The van der Waals surface area contributed by atoms with Gasteiger partial charge in [0.05, 0.1) is 23.3 Å². The highest BCUT2D eigenvalue weighted by atomic mass is 79.9. The molecule has 0 aliphatic heterocycles. The zero-order valence-corrected chi connectivity index (χ0v) is 22.8. The number of sulfonamides is 1. The van der Waals surface area contributed by atoms with Crippen LogP contribution in [0, 0.1) is 0 Å². The van der Waals surface area contributed by atoms with Crippen LogP contribution in [0.1, 0.15) is 23.0 Å². The number of nitrogens with one attached hydrogen (secondary N) is 2. The average molecular weight is 636 g/mol. The van der Waals surface area contributed by atoms with Gasteiger partial charge < -0.3 is 14.5 Å². The van der Waals surface area contributed by atoms with Crippen molar-refractivity contribution in [2.45, 2.75) is 19.0 Å². The van der Waals surface area contributed by atoms with E-state index in [9.17, 15) is 26.4 Å². The van der Waals surface area contributed by atoms with Crippen molar-refractivity contribution in [3.63, 3.8) is 0 Å². The summed E-state index contributed by atoms with van der Waals surface area (Å²) in [6.07, 6.45) is 0. The van der Waals surface area contributed by atoms with Gasteiger partial charge in [-0.3, -0.25) is 14.1 Å². The Morgan fingerprint density at radius 2 is 1.95 bits per heavy atom. The van der Waals surface area contributed by atoms with Gasteiger partial charge in [0.1, 0.15) is 11.3 Å². The predicted octanol–water partition coefficient (Wildman–Crippen LogP) is 5.78. The van der Waals surface area contributed by atoms with Gasteiger partial charge in [-0.25, -0.2) is 0 Å². The van der Waals surface area contributed by atoms with Crippen LogP contribution in [0.4, 0.5) is 18.9 Å². The van der Waals surface area contributed by atoms with E-state index in [0.717, 1.165) is 0 Å². The summed E-state index contributed by atoms with van der Waals surface area (Å²) in [6.45, 7) is 2.19. The molecule has 202 valence electrons. The number of carbonyl (C=O) groups is 1. The number of alkyl halides is 3. The monoisotopic (exact) mass is 634 g/mol. The number of fused-ring (bicyclic) bond motifs is 1. The first-order chi connectivity index (χ1) is 17.9. The Morgan fingerprint density at radius 3 is 2.61 bits per heavy atom. The number of ether oxygens (including phenoxy) is 1. The SMILES string of the molecule is CCOc1nc(Cl)c(C(=O)NC)n1Cc1ccc2oc(-c3ccccc3NS(=O)(=O)C(F)(F)F)c(Br)c2c1. The lowest BCUT2D eigenvalue weighted by Crippen LogP contribution is -2.30. The van der Waals surface area contributed by atoms with Crippen LogP contribution in [0.5, 0.6) is 6.01 Å². The summed E-state index contributed by atoms with van der Waals surface area (Å²) in [4.78, 5) is 16.6. The van der Waals surface area contributed by atoms with E-state index >= 15 is 0 Å². The Bertz CT molecular complexity index is 1640. The maximum absolute atomic E-state index is 13.0. The van der Waals surface area contributed by atoms with E-state index < -0.39 is 21.4 Å². The number of aromatic nitrogens is 2. The van der Waals surface area contributed by atoms with Crippen LogP contribution < -0.4 is 14.8 Å². The second-order valence-corrected chi connectivity index (χ2v) is 10.6. The molecule has 2 heterocycles.